The molecule has 2 aromatic carbocycles. The van der Waals surface area contributed by atoms with Crippen LogP contribution in [0, 0.1) is 11.8 Å². The number of nitrogens with one attached hydrogen (secondary N) is 1. The van der Waals surface area contributed by atoms with Crippen molar-refractivity contribution in [2.24, 2.45) is 11.8 Å². The Hall–Kier alpha value is -3.23. The normalized spacial score (nSPS) is 27.0. The molecule has 4 atom stereocenters. The first kappa shape index (κ1) is 21.6. The topological polar surface area (TPSA) is 86.3 Å². The van der Waals surface area contributed by atoms with Crippen LogP contribution in [0.3, 0.4) is 0 Å². The van der Waals surface area contributed by atoms with Crippen LogP contribution in [-0.2, 0) is 14.3 Å². The third kappa shape index (κ3) is 3.32. The number of anilines is 2. The number of nitrogens with zero attached hydrogens (tertiary/aromatic N) is 1. The Morgan fingerprint density at radius 3 is 2.39 bits per heavy atom. The second kappa shape index (κ2) is 7.97. The maximum Gasteiger partial charge on any atom is 0.234 e. The number of benzene rings is 2. The van der Waals surface area contributed by atoms with Gasteiger partial charge in [0.1, 0.15) is 5.60 Å². The van der Waals surface area contributed by atoms with Crippen LogP contribution in [0.25, 0.3) is 0 Å². The minimum atomic E-state index is -0.821. The number of carbonyl (C=O) groups excluding carboxylic acids is 2. The van der Waals surface area contributed by atoms with Crippen LogP contribution in [0.4, 0.5) is 11.4 Å². The Balaban J connectivity index is 1.43. The summed E-state index contributed by atoms with van der Waals surface area (Å²) in [6, 6.07) is 10.3. The molecule has 2 unspecified atom stereocenters. The third-order valence-corrected chi connectivity index (χ3v) is 6.73. The first-order valence-corrected chi connectivity index (χ1v) is 10.8. The van der Waals surface area contributed by atoms with E-state index in [0.29, 0.717) is 34.5 Å². The third-order valence-electron chi connectivity index (χ3n) is 6.47. The van der Waals surface area contributed by atoms with E-state index in [0.717, 1.165) is 5.69 Å². The fourth-order valence-corrected chi connectivity index (χ4v) is 5.14. The van der Waals surface area contributed by atoms with Gasteiger partial charge in [-0.2, -0.15) is 0 Å². The fraction of sp³-hybridized carbons (Fsp3) is 0.333. The van der Waals surface area contributed by atoms with Crippen LogP contribution in [0.1, 0.15) is 0 Å². The Kier molecular flexibility index (Phi) is 5.22. The molecular weight excluding hydrogens is 448 g/mol. The van der Waals surface area contributed by atoms with Gasteiger partial charge < -0.3 is 29.2 Å². The van der Waals surface area contributed by atoms with Crippen molar-refractivity contribution < 1.29 is 28.5 Å². The molecule has 172 valence electrons. The largest absolute Gasteiger partial charge is 0.493 e. The molecule has 3 heterocycles. The van der Waals surface area contributed by atoms with Crippen molar-refractivity contribution in [2.45, 2.75) is 11.7 Å². The van der Waals surface area contributed by atoms with Crippen LogP contribution in [0.15, 0.2) is 48.6 Å². The number of methoxy groups -OCH3 is 3. The highest BCUT2D eigenvalue weighted by Crippen LogP contribution is 2.53. The smallest absolute Gasteiger partial charge is 0.234 e. The van der Waals surface area contributed by atoms with Gasteiger partial charge in [0.25, 0.3) is 0 Å². The van der Waals surface area contributed by atoms with Gasteiger partial charge in [0.05, 0.1) is 45.8 Å². The summed E-state index contributed by atoms with van der Waals surface area (Å²) in [6.07, 6.45) is 3.32. The molecule has 0 aromatic heterocycles. The van der Waals surface area contributed by atoms with E-state index in [1.165, 1.54) is 21.3 Å². The summed E-state index contributed by atoms with van der Waals surface area (Å²) in [5, 5.41) is 3.49. The van der Waals surface area contributed by atoms with Gasteiger partial charge in [0, 0.05) is 28.5 Å². The van der Waals surface area contributed by atoms with Crippen molar-refractivity contribution >= 4 is 34.8 Å². The van der Waals surface area contributed by atoms with E-state index < -0.39 is 23.5 Å². The molecule has 2 aromatic rings. The Bertz CT molecular complexity index is 1130. The lowest BCUT2D eigenvalue weighted by molar-refractivity contribution is -0.128. The van der Waals surface area contributed by atoms with Crippen molar-refractivity contribution in [3.63, 3.8) is 0 Å². The molecule has 8 nitrogen and oxygen atoms in total. The van der Waals surface area contributed by atoms with E-state index >= 15 is 0 Å². The van der Waals surface area contributed by atoms with Crippen LogP contribution in [-0.4, -0.2) is 51.4 Å². The molecule has 5 rings (SSSR count). The highest BCUT2D eigenvalue weighted by atomic mass is 35.5. The van der Waals surface area contributed by atoms with Gasteiger partial charge in [-0.25, -0.2) is 0 Å². The van der Waals surface area contributed by atoms with Crippen molar-refractivity contribution in [1.82, 2.24) is 0 Å². The molecule has 1 spiro atoms. The number of amides is 2. The molecule has 1 N–H and O–H groups in total. The molecule has 2 amide bonds. The summed E-state index contributed by atoms with van der Waals surface area (Å²) in [5.74, 6) is -0.486. The molecule has 0 saturated carbocycles. The zero-order valence-electron chi connectivity index (χ0n) is 18.3. The molecule has 33 heavy (non-hydrogen) atoms. The minimum absolute atomic E-state index is 0.144. The lowest BCUT2D eigenvalue weighted by Gasteiger charge is -2.24. The number of rotatable bonds is 6. The Labute approximate surface area is 196 Å². The minimum Gasteiger partial charge on any atom is -0.493 e. The first-order chi connectivity index (χ1) is 15.9. The zero-order valence-corrected chi connectivity index (χ0v) is 19.1. The predicted octanol–water partition coefficient (Wildman–Crippen LogP) is 3.29. The second-order valence-electron chi connectivity index (χ2n) is 8.20. The van der Waals surface area contributed by atoms with E-state index in [-0.39, 0.29) is 11.8 Å². The number of fused-ring (bicyclic) bond motifs is 1. The Morgan fingerprint density at radius 1 is 1.12 bits per heavy atom. The van der Waals surface area contributed by atoms with Crippen molar-refractivity contribution in [3.05, 3.63) is 53.6 Å². The van der Waals surface area contributed by atoms with Crippen LogP contribution in [0.2, 0.25) is 5.02 Å². The van der Waals surface area contributed by atoms with Crippen LogP contribution >= 0.6 is 11.6 Å². The van der Waals surface area contributed by atoms with Gasteiger partial charge >= 0.3 is 0 Å². The summed E-state index contributed by atoms with van der Waals surface area (Å²) in [6.45, 7) is 0.346. The summed E-state index contributed by atoms with van der Waals surface area (Å²) in [4.78, 5) is 28.5. The van der Waals surface area contributed by atoms with E-state index in [2.05, 4.69) is 5.32 Å². The summed E-state index contributed by atoms with van der Waals surface area (Å²) >= 11 is 6.00. The van der Waals surface area contributed by atoms with Crippen molar-refractivity contribution in [3.8, 4) is 17.2 Å². The number of hydrogen-bond donors (Lipinski definition) is 1. The fourth-order valence-electron chi connectivity index (χ4n) is 5.02. The molecule has 0 radical (unpaired) electrons. The summed E-state index contributed by atoms with van der Waals surface area (Å²) in [7, 11) is 4.52. The Morgan fingerprint density at radius 2 is 1.79 bits per heavy atom. The van der Waals surface area contributed by atoms with Gasteiger partial charge in [-0.1, -0.05) is 23.8 Å². The maximum absolute atomic E-state index is 13.5. The van der Waals surface area contributed by atoms with Crippen LogP contribution in [0.5, 0.6) is 17.2 Å². The van der Waals surface area contributed by atoms with Crippen molar-refractivity contribution in [2.75, 3.05) is 38.1 Å². The van der Waals surface area contributed by atoms with Gasteiger partial charge in [-0.3, -0.25) is 9.59 Å². The average molecular weight is 471 g/mol. The molecule has 0 aliphatic carbocycles. The highest BCUT2D eigenvalue weighted by molar-refractivity contribution is 6.30. The standard InChI is InChI=1S/C24H23ClN2O6/c1-30-17-10-14(11-18(31-2)21(17)32-3)26-22(28)19-16-8-9-24(33-16)12-27(23(29)20(19)24)15-6-4-13(25)5-7-15/h4-11,16,19-20H,12H2,1-3H3,(H,26,28)/t16-,19?,20?,24-/m1/s1. The molecule has 3 aliphatic heterocycles. The number of halogens is 1. The van der Waals surface area contributed by atoms with Crippen molar-refractivity contribution in [1.29, 1.82) is 0 Å². The lowest BCUT2D eigenvalue weighted by Crippen LogP contribution is -2.41. The predicted molar refractivity (Wildman–Crippen MR) is 122 cm³/mol. The van der Waals surface area contributed by atoms with Crippen LogP contribution < -0.4 is 24.4 Å². The molecular formula is C24H23ClN2O6. The monoisotopic (exact) mass is 470 g/mol. The number of ether oxygens (including phenoxy) is 4. The maximum atomic E-state index is 13.5. The van der Waals surface area contributed by atoms with Gasteiger partial charge in [-0.15, -0.1) is 0 Å². The SMILES string of the molecule is COc1cc(NC(=O)C2C3C(=O)N(c4ccc(Cl)cc4)C[C@]34C=C[C@H]2O4)cc(OC)c1OC. The number of hydrogen-bond acceptors (Lipinski definition) is 6. The van der Waals surface area contributed by atoms with E-state index in [9.17, 15) is 9.59 Å². The first-order valence-electron chi connectivity index (χ1n) is 10.5. The quantitative estimate of drug-likeness (QED) is 0.652. The molecule has 2 saturated heterocycles. The van der Waals surface area contributed by atoms with Gasteiger partial charge in [0.2, 0.25) is 17.6 Å². The second-order valence-corrected chi connectivity index (χ2v) is 8.64. The molecule has 2 fully saturated rings. The van der Waals surface area contributed by atoms with E-state index in [1.807, 2.05) is 12.2 Å². The molecule has 9 heteroatoms. The molecule has 3 aliphatic rings. The summed E-state index contributed by atoms with van der Waals surface area (Å²) < 4.78 is 22.3. The molecule has 2 bridgehead atoms. The van der Waals surface area contributed by atoms with E-state index in [1.54, 1.807) is 41.3 Å². The average Bonchev–Trinajstić information content (AvgIpc) is 3.47. The zero-order chi connectivity index (χ0) is 23.3. The summed E-state index contributed by atoms with van der Waals surface area (Å²) in [5.41, 5.74) is 0.367. The number of carbonyl (C=O) groups is 2. The lowest BCUT2D eigenvalue weighted by atomic mass is 9.77. The van der Waals surface area contributed by atoms with E-state index in [4.69, 9.17) is 30.5 Å². The highest BCUT2D eigenvalue weighted by Gasteiger charge is 2.67. The van der Waals surface area contributed by atoms with Gasteiger partial charge in [0.15, 0.2) is 11.5 Å². The van der Waals surface area contributed by atoms with Gasteiger partial charge in [-0.05, 0) is 24.3 Å².